The van der Waals surface area contributed by atoms with Gasteiger partial charge in [0.1, 0.15) is 0 Å². The van der Waals surface area contributed by atoms with Crippen molar-refractivity contribution in [1.29, 1.82) is 0 Å². The lowest BCUT2D eigenvalue weighted by atomic mass is 9.98. The smallest absolute Gasteiger partial charge is 0.292 e. The normalized spacial score (nSPS) is 25.8. The highest BCUT2D eigenvalue weighted by molar-refractivity contribution is 5.92. The highest BCUT2D eigenvalue weighted by atomic mass is 16.5. The molecule has 0 spiro atoms. The van der Waals surface area contributed by atoms with E-state index >= 15 is 0 Å². The van der Waals surface area contributed by atoms with Gasteiger partial charge in [0.25, 0.3) is 5.91 Å². The van der Waals surface area contributed by atoms with Gasteiger partial charge in [0.2, 0.25) is 5.76 Å². The molecule has 1 amide bonds. The molecule has 2 rings (SSSR count). The maximum Gasteiger partial charge on any atom is 0.292 e. The maximum atomic E-state index is 12.2. The summed E-state index contributed by atoms with van der Waals surface area (Å²) in [6.07, 6.45) is 3.26. The van der Waals surface area contributed by atoms with Crippen LogP contribution in [0.5, 0.6) is 0 Å². The molecule has 1 aliphatic rings. The van der Waals surface area contributed by atoms with Gasteiger partial charge in [0.15, 0.2) is 0 Å². The summed E-state index contributed by atoms with van der Waals surface area (Å²) in [7, 11) is 0. The SMILES string of the molecule is Cc1cnoc1C(=O)N1CCC(N)CC1C. The van der Waals surface area contributed by atoms with Crippen LogP contribution in [0.3, 0.4) is 0 Å². The third-order valence-electron chi connectivity index (χ3n) is 3.12. The minimum atomic E-state index is -0.0746. The molecule has 1 aromatic rings. The molecular formula is C11H17N3O2. The van der Waals surface area contributed by atoms with Crippen LogP contribution in [0.1, 0.15) is 35.9 Å². The zero-order chi connectivity index (χ0) is 11.7. The van der Waals surface area contributed by atoms with Gasteiger partial charge in [-0.2, -0.15) is 0 Å². The van der Waals surface area contributed by atoms with Crippen LogP contribution in [0.4, 0.5) is 0 Å². The van der Waals surface area contributed by atoms with Gasteiger partial charge < -0.3 is 15.2 Å². The Bertz CT molecular complexity index is 388. The number of aromatic nitrogens is 1. The number of piperidine rings is 1. The summed E-state index contributed by atoms with van der Waals surface area (Å²) in [4.78, 5) is 14.0. The molecule has 1 aliphatic heterocycles. The second-order valence-corrected chi connectivity index (χ2v) is 4.47. The van der Waals surface area contributed by atoms with Crippen molar-refractivity contribution in [2.45, 2.75) is 38.8 Å². The molecular weight excluding hydrogens is 206 g/mol. The van der Waals surface area contributed by atoms with Crippen molar-refractivity contribution in [2.24, 2.45) is 5.73 Å². The second kappa shape index (κ2) is 4.25. The second-order valence-electron chi connectivity index (χ2n) is 4.47. The highest BCUT2D eigenvalue weighted by Crippen LogP contribution is 2.19. The van der Waals surface area contributed by atoms with Crippen molar-refractivity contribution < 1.29 is 9.32 Å². The fourth-order valence-electron chi connectivity index (χ4n) is 2.14. The first-order valence-corrected chi connectivity index (χ1v) is 5.57. The van der Waals surface area contributed by atoms with Crippen LogP contribution < -0.4 is 5.73 Å². The van der Waals surface area contributed by atoms with Crippen LogP contribution in [-0.4, -0.2) is 34.6 Å². The Labute approximate surface area is 94.6 Å². The van der Waals surface area contributed by atoms with E-state index in [4.69, 9.17) is 10.3 Å². The minimum absolute atomic E-state index is 0.0746. The standard InChI is InChI=1S/C11H17N3O2/c1-7-6-13-16-10(7)11(15)14-4-3-9(12)5-8(14)2/h6,8-9H,3-5,12H2,1-2H3. The predicted molar refractivity (Wildman–Crippen MR) is 58.9 cm³/mol. The number of aryl methyl sites for hydroxylation is 1. The summed E-state index contributed by atoms with van der Waals surface area (Å²) in [6.45, 7) is 4.54. The summed E-state index contributed by atoms with van der Waals surface area (Å²) >= 11 is 0. The summed E-state index contributed by atoms with van der Waals surface area (Å²) < 4.78 is 4.98. The first-order chi connectivity index (χ1) is 7.59. The van der Waals surface area contributed by atoms with Gasteiger partial charge in [0.05, 0.1) is 6.20 Å². The largest absolute Gasteiger partial charge is 0.351 e. The van der Waals surface area contributed by atoms with E-state index in [0.717, 1.165) is 18.4 Å². The first kappa shape index (κ1) is 11.1. The van der Waals surface area contributed by atoms with Crippen LogP contribution >= 0.6 is 0 Å². The van der Waals surface area contributed by atoms with Crippen molar-refractivity contribution in [3.8, 4) is 0 Å². The van der Waals surface area contributed by atoms with Gasteiger partial charge in [-0.3, -0.25) is 4.79 Å². The molecule has 1 saturated heterocycles. The van der Waals surface area contributed by atoms with Crippen molar-refractivity contribution >= 4 is 5.91 Å². The van der Waals surface area contributed by atoms with Gasteiger partial charge in [0, 0.05) is 24.2 Å². The molecule has 5 heteroatoms. The third-order valence-corrected chi connectivity index (χ3v) is 3.12. The molecule has 5 nitrogen and oxygen atoms in total. The Morgan fingerprint density at radius 2 is 2.44 bits per heavy atom. The summed E-state index contributed by atoms with van der Waals surface area (Å²) in [5.74, 6) is 0.275. The number of carbonyl (C=O) groups is 1. The van der Waals surface area contributed by atoms with Crippen molar-refractivity contribution in [1.82, 2.24) is 10.1 Å². The molecule has 0 radical (unpaired) electrons. The van der Waals surface area contributed by atoms with Gasteiger partial charge >= 0.3 is 0 Å². The molecule has 2 heterocycles. The van der Waals surface area contributed by atoms with E-state index in [0.29, 0.717) is 12.3 Å². The Morgan fingerprint density at radius 1 is 1.69 bits per heavy atom. The summed E-state index contributed by atoms with van der Waals surface area (Å²) in [6, 6.07) is 0.371. The van der Waals surface area contributed by atoms with E-state index in [9.17, 15) is 4.79 Å². The number of amides is 1. The molecule has 0 bridgehead atoms. The lowest BCUT2D eigenvalue weighted by molar-refractivity contribution is 0.0576. The van der Waals surface area contributed by atoms with E-state index in [2.05, 4.69) is 5.16 Å². The van der Waals surface area contributed by atoms with Crippen molar-refractivity contribution in [2.75, 3.05) is 6.54 Å². The van der Waals surface area contributed by atoms with E-state index < -0.39 is 0 Å². The third kappa shape index (κ3) is 1.95. The van der Waals surface area contributed by atoms with Crippen molar-refractivity contribution in [3.05, 3.63) is 17.5 Å². The zero-order valence-corrected chi connectivity index (χ0v) is 9.64. The molecule has 2 atom stereocenters. The monoisotopic (exact) mass is 223 g/mol. The number of nitrogens with zero attached hydrogens (tertiary/aromatic N) is 2. The first-order valence-electron chi connectivity index (χ1n) is 5.57. The van der Waals surface area contributed by atoms with Crippen molar-refractivity contribution in [3.63, 3.8) is 0 Å². The van der Waals surface area contributed by atoms with Gasteiger partial charge in [-0.05, 0) is 26.7 Å². The lowest BCUT2D eigenvalue weighted by Crippen LogP contribution is -2.48. The number of likely N-dealkylation sites (tertiary alicyclic amines) is 1. The molecule has 0 saturated carbocycles. The lowest BCUT2D eigenvalue weighted by Gasteiger charge is -2.35. The topological polar surface area (TPSA) is 72.4 Å². The molecule has 0 aliphatic carbocycles. The molecule has 88 valence electrons. The Kier molecular flexibility index (Phi) is 2.96. The van der Waals surface area contributed by atoms with E-state index in [1.165, 1.54) is 0 Å². The minimum Gasteiger partial charge on any atom is -0.351 e. The Hall–Kier alpha value is -1.36. The van der Waals surface area contributed by atoms with E-state index in [1.54, 1.807) is 6.20 Å². The number of hydrogen-bond donors (Lipinski definition) is 1. The van der Waals surface area contributed by atoms with Crippen LogP contribution in [-0.2, 0) is 0 Å². The Balaban J connectivity index is 2.14. The van der Waals surface area contributed by atoms with E-state index in [-0.39, 0.29) is 18.0 Å². The summed E-state index contributed by atoms with van der Waals surface area (Å²) in [5, 5.41) is 3.63. The average molecular weight is 223 g/mol. The quantitative estimate of drug-likeness (QED) is 0.768. The number of rotatable bonds is 1. The highest BCUT2D eigenvalue weighted by Gasteiger charge is 2.30. The fraction of sp³-hybridized carbons (Fsp3) is 0.636. The van der Waals surface area contributed by atoms with Gasteiger partial charge in [-0.25, -0.2) is 0 Å². The zero-order valence-electron chi connectivity index (χ0n) is 9.64. The predicted octanol–water partition coefficient (Wildman–Crippen LogP) is 0.935. The number of nitrogens with two attached hydrogens (primary N) is 1. The average Bonchev–Trinajstić information content (AvgIpc) is 2.63. The molecule has 16 heavy (non-hydrogen) atoms. The van der Waals surface area contributed by atoms with Crippen LogP contribution in [0, 0.1) is 6.92 Å². The van der Waals surface area contributed by atoms with Crippen LogP contribution in [0.25, 0.3) is 0 Å². The van der Waals surface area contributed by atoms with Gasteiger partial charge in [-0.15, -0.1) is 0 Å². The van der Waals surface area contributed by atoms with Gasteiger partial charge in [-0.1, -0.05) is 5.16 Å². The van der Waals surface area contributed by atoms with E-state index in [1.807, 2.05) is 18.7 Å². The molecule has 2 N–H and O–H groups in total. The summed E-state index contributed by atoms with van der Waals surface area (Å²) in [5.41, 5.74) is 6.65. The number of carbonyl (C=O) groups excluding carboxylic acids is 1. The van der Waals surface area contributed by atoms with Crippen LogP contribution in [0.15, 0.2) is 10.7 Å². The molecule has 1 fully saturated rings. The molecule has 0 aromatic carbocycles. The van der Waals surface area contributed by atoms with Crippen LogP contribution in [0.2, 0.25) is 0 Å². The molecule has 1 aromatic heterocycles. The maximum absolute atomic E-state index is 12.2. The number of hydrogen-bond acceptors (Lipinski definition) is 4. The fourth-order valence-corrected chi connectivity index (χ4v) is 2.14. The molecule has 2 unspecified atom stereocenters. The Morgan fingerprint density at radius 3 is 3.00 bits per heavy atom.